The van der Waals surface area contributed by atoms with E-state index in [1.807, 2.05) is 0 Å². The summed E-state index contributed by atoms with van der Waals surface area (Å²) in [6.07, 6.45) is 21.0. The second kappa shape index (κ2) is 7.40. The minimum Gasteiger partial charge on any atom is -0.0993 e. The van der Waals surface area contributed by atoms with E-state index in [-0.39, 0.29) is 0 Å². The zero-order valence-corrected chi connectivity index (χ0v) is 17.1. The summed E-state index contributed by atoms with van der Waals surface area (Å²) >= 11 is 0. The average Bonchev–Trinajstić information content (AvgIpc) is 2.63. The van der Waals surface area contributed by atoms with E-state index in [9.17, 15) is 0 Å². The van der Waals surface area contributed by atoms with Gasteiger partial charge >= 0.3 is 0 Å². The maximum atomic E-state index is 4.72. The van der Waals surface area contributed by atoms with Crippen LogP contribution in [0.15, 0.2) is 12.2 Å². The molecule has 3 unspecified atom stereocenters. The first-order valence-corrected chi connectivity index (χ1v) is 11.8. The molecular formula is C25H42. The Hall–Kier alpha value is -0.260. The van der Waals surface area contributed by atoms with Crippen LogP contribution >= 0.6 is 0 Å². The van der Waals surface area contributed by atoms with E-state index in [1.165, 1.54) is 89.9 Å². The monoisotopic (exact) mass is 342 g/mol. The fourth-order valence-corrected chi connectivity index (χ4v) is 7.54. The number of fused-ring (bicyclic) bond motifs is 1. The lowest BCUT2D eigenvalue weighted by atomic mass is 9.54. The number of hydrogen-bond acceptors (Lipinski definition) is 0. The molecule has 0 aromatic heterocycles. The summed E-state index contributed by atoms with van der Waals surface area (Å²) in [6.45, 7) is 9.82. The minimum absolute atomic E-state index is 0.581. The molecule has 0 aliphatic heterocycles. The van der Waals surface area contributed by atoms with Gasteiger partial charge in [0.2, 0.25) is 0 Å². The Balaban J connectivity index is 1.36. The molecule has 0 heteroatoms. The van der Waals surface area contributed by atoms with Crippen molar-refractivity contribution >= 4 is 0 Å². The van der Waals surface area contributed by atoms with Gasteiger partial charge in [-0.3, -0.25) is 0 Å². The first-order valence-electron chi connectivity index (χ1n) is 11.8. The second-order valence-electron chi connectivity index (χ2n) is 10.9. The molecular weight excluding hydrogens is 300 g/mol. The summed E-state index contributed by atoms with van der Waals surface area (Å²) in [7, 11) is 0. The highest BCUT2D eigenvalue weighted by Gasteiger charge is 2.45. The van der Waals surface area contributed by atoms with E-state index >= 15 is 0 Å². The number of allylic oxidation sites excluding steroid dienone is 1. The summed E-state index contributed by atoms with van der Waals surface area (Å²) < 4.78 is 0. The molecule has 0 heterocycles. The molecule has 4 fully saturated rings. The van der Waals surface area contributed by atoms with Crippen LogP contribution in [0, 0.1) is 40.9 Å². The van der Waals surface area contributed by atoms with Crippen molar-refractivity contribution in [1.82, 2.24) is 0 Å². The number of rotatable bonds is 2. The summed E-state index contributed by atoms with van der Waals surface area (Å²) in [4.78, 5) is 0. The van der Waals surface area contributed by atoms with Crippen LogP contribution in [-0.2, 0) is 0 Å². The van der Waals surface area contributed by atoms with Crippen LogP contribution in [0.1, 0.15) is 104 Å². The minimum atomic E-state index is 0.581. The van der Waals surface area contributed by atoms with Crippen molar-refractivity contribution in [2.45, 2.75) is 104 Å². The van der Waals surface area contributed by atoms with Crippen molar-refractivity contribution in [3.63, 3.8) is 0 Å². The Kier molecular flexibility index (Phi) is 5.36. The van der Waals surface area contributed by atoms with Crippen LogP contribution in [-0.4, -0.2) is 0 Å². The molecule has 0 aromatic carbocycles. The van der Waals surface area contributed by atoms with E-state index < -0.39 is 0 Å². The summed E-state index contributed by atoms with van der Waals surface area (Å²) in [5.41, 5.74) is 2.28. The summed E-state index contributed by atoms with van der Waals surface area (Å²) in [6, 6.07) is 0. The lowest BCUT2D eigenvalue weighted by Crippen LogP contribution is -2.41. The van der Waals surface area contributed by atoms with E-state index in [0.717, 1.165) is 35.5 Å². The van der Waals surface area contributed by atoms with Crippen LogP contribution in [0.2, 0.25) is 0 Å². The van der Waals surface area contributed by atoms with Gasteiger partial charge in [-0.25, -0.2) is 0 Å². The van der Waals surface area contributed by atoms with Crippen molar-refractivity contribution < 1.29 is 0 Å². The normalized spacial score (nSPS) is 48.8. The molecule has 0 nitrogen and oxygen atoms in total. The van der Waals surface area contributed by atoms with Gasteiger partial charge in [-0.2, -0.15) is 0 Å². The molecule has 4 rings (SSSR count). The van der Waals surface area contributed by atoms with E-state index in [0.29, 0.717) is 5.41 Å². The molecule has 0 aromatic rings. The zero-order chi connectivity index (χ0) is 17.4. The highest BCUT2D eigenvalue weighted by Crippen LogP contribution is 2.56. The summed E-state index contributed by atoms with van der Waals surface area (Å²) in [5, 5.41) is 0. The van der Waals surface area contributed by atoms with Gasteiger partial charge in [-0.05, 0) is 105 Å². The Morgan fingerprint density at radius 2 is 1.32 bits per heavy atom. The van der Waals surface area contributed by atoms with Crippen molar-refractivity contribution in [2.24, 2.45) is 40.9 Å². The Bertz CT molecular complexity index is 458. The van der Waals surface area contributed by atoms with Gasteiger partial charge < -0.3 is 0 Å². The van der Waals surface area contributed by atoms with Crippen molar-refractivity contribution in [3.8, 4) is 0 Å². The highest BCUT2D eigenvalue weighted by molar-refractivity contribution is 5.16. The fraction of sp³-hybridized carbons (Fsp3) is 0.920. The highest BCUT2D eigenvalue weighted by atomic mass is 14.5. The molecule has 0 bridgehead atoms. The largest absolute Gasteiger partial charge is 0.0993 e. The van der Waals surface area contributed by atoms with E-state index in [4.69, 9.17) is 6.58 Å². The quantitative estimate of drug-likeness (QED) is 0.449. The third kappa shape index (κ3) is 3.61. The van der Waals surface area contributed by atoms with Crippen molar-refractivity contribution in [2.75, 3.05) is 0 Å². The van der Waals surface area contributed by atoms with Crippen LogP contribution in [0.5, 0.6) is 0 Å². The SMILES string of the molecule is C=C1C2CCCCC2CCC1C1(C)CCC(C2CCC(C)CC2)CC1. The summed E-state index contributed by atoms with van der Waals surface area (Å²) in [5.74, 6) is 5.86. The Morgan fingerprint density at radius 1 is 0.720 bits per heavy atom. The molecule has 142 valence electrons. The smallest absolute Gasteiger partial charge is 0.0149 e. The zero-order valence-electron chi connectivity index (χ0n) is 17.1. The van der Waals surface area contributed by atoms with E-state index in [1.54, 1.807) is 5.57 Å². The lowest BCUT2D eigenvalue weighted by molar-refractivity contribution is 0.0440. The first kappa shape index (κ1) is 18.1. The molecule has 0 spiro atoms. The molecule has 4 aliphatic rings. The predicted molar refractivity (Wildman–Crippen MR) is 108 cm³/mol. The van der Waals surface area contributed by atoms with Gasteiger partial charge in [0.05, 0.1) is 0 Å². The molecule has 3 atom stereocenters. The van der Waals surface area contributed by atoms with Crippen LogP contribution in [0.3, 0.4) is 0 Å². The van der Waals surface area contributed by atoms with Gasteiger partial charge in [-0.15, -0.1) is 0 Å². The molecule has 4 aliphatic carbocycles. The van der Waals surface area contributed by atoms with Crippen molar-refractivity contribution in [3.05, 3.63) is 12.2 Å². The average molecular weight is 343 g/mol. The molecule has 4 saturated carbocycles. The predicted octanol–water partition coefficient (Wildman–Crippen LogP) is 7.78. The molecule has 0 radical (unpaired) electrons. The molecule has 25 heavy (non-hydrogen) atoms. The second-order valence-corrected chi connectivity index (χ2v) is 10.9. The Labute approximate surface area is 157 Å². The third-order valence-corrected chi connectivity index (χ3v) is 9.40. The fourth-order valence-electron chi connectivity index (χ4n) is 7.54. The van der Waals surface area contributed by atoms with Crippen molar-refractivity contribution in [1.29, 1.82) is 0 Å². The molecule has 0 saturated heterocycles. The van der Waals surface area contributed by atoms with Gasteiger partial charge in [0, 0.05) is 0 Å². The third-order valence-electron chi connectivity index (χ3n) is 9.40. The molecule has 0 amide bonds. The van der Waals surface area contributed by atoms with Crippen LogP contribution < -0.4 is 0 Å². The van der Waals surface area contributed by atoms with Gasteiger partial charge in [0.15, 0.2) is 0 Å². The van der Waals surface area contributed by atoms with Crippen LogP contribution in [0.25, 0.3) is 0 Å². The van der Waals surface area contributed by atoms with Gasteiger partial charge in [0.25, 0.3) is 0 Å². The van der Waals surface area contributed by atoms with Crippen LogP contribution in [0.4, 0.5) is 0 Å². The standard InChI is InChI=1S/C25H42/c1-18-8-10-20(11-9-18)21-14-16-25(3,17-15-21)24-13-12-22-6-4-5-7-23(22)19(24)2/h18,20-24H,2,4-17H2,1,3H3. The molecule has 0 N–H and O–H groups in total. The number of hydrogen-bond donors (Lipinski definition) is 0. The lowest BCUT2D eigenvalue weighted by Gasteiger charge is -2.51. The first-order chi connectivity index (χ1) is 12.1. The maximum absolute atomic E-state index is 4.72. The maximum Gasteiger partial charge on any atom is -0.0149 e. The Morgan fingerprint density at radius 3 is 2.04 bits per heavy atom. The van der Waals surface area contributed by atoms with Gasteiger partial charge in [-0.1, -0.05) is 51.7 Å². The van der Waals surface area contributed by atoms with Gasteiger partial charge in [0.1, 0.15) is 0 Å². The van der Waals surface area contributed by atoms with E-state index in [2.05, 4.69) is 13.8 Å². The topological polar surface area (TPSA) is 0 Å².